The van der Waals surface area contributed by atoms with Gasteiger partial charge in [-0.3, -0.25) is 24.3 Å². The zero-order chi connectivity index (χ0) is 18.0. The highest BCUT2D eigenvalue weighted by Gasteiger charge is 2.16. The van der Waals surface area contributed by atoms with Crippen molar-refractivity contribution in [2.24, 2.45) is 14.1 Å². The smallest absolute Gasteiger partial charge is 0.320 e. The molecule has 1 aromatic carbocycles. The van der Waals surface area contributed by atoms with Crippen molar-refractivity contribution in [3.8, 4) is 0 Å². The van der Waals surface area contributed by atoms with Crippen LogP contribution in [0.3, 0.4) is 0 Å². The molecule has 2 rings (SSSR count). The maximum absolute atomic E-state index is 12.2. The normalized spacial score (nSPS) is 10.5. The highest BCUT2D eigenvalue weighted by molar-refractivity contribution is 5.92. The summed E-state index contributed by atoms with van der Waals surface area (Å²) >= 11 is 0. The molecule has 0 fully saturated rings. The van der Waals surface area contributed by atoms with Crippen molar-refractivity contribution < 1.29 is 9.72 Å². The van der Waals surface area contributed by atoms with Gasteiger partial charge in [0.2, 0.25) is 5.91 Å². The standard InChI is InChI=1S/C15H16N4O5/c1-9-10(5-4-6-12(9)19(23)24)7-13(20)16-11-8-17(2)15(22)18(3)14(11)21/h4-6,8H,7H2,1-3H3,(H,16,20). The molecule has 0 radical (unpaired) electrons. The summed E-state index contributed by atoms with van der Waals surface area (Å²) in [5.41, 5.74) is -0.352. The third-order valence-corrected chi connectivity index (χ3v) is 3.69. The van der Waals surface area contributed by atoms with Crippen LogP contribution in [0.15, 0.2) is 34.0 Å². The van der Waals surface area contributed by atoms with Gasteiger partial charge in [0, 0.05) is 31.9 Å². The lowest BCUT2D eigenvalue weighted by molar-refractivity contribution is -0.385. The third-order valence-electron chi connectivity index (χ3n) is 3.69. The molecule has 9 nitrogen and oxygen atoms in total. The molecule has 0 unspecified atom stereocenters. The molecule has 0 aliphatic rings. The minimum absolute atomic E-state index is 0.0346. The van der Waals surface area contributed by atoms with Crippen LogP contribution in [0.1, 0.15) is 11.1 Å². The van der Waals surface area contributed by atoms with Crippen molar-refractivity contribution in [3.63, 3.8) is 0 Å². The number of carbonyl (C=O) groups is 1. The van der Waals surface area contributed by atoms with E-state index in [1.54, 1.807) is 13.0 Å². The minimum Gasteiger partial charge on any atom is -0.320 e. The number of nitrogens with one attached hydrogen (secondary N) is 1. The molecule has 0 aliphatic carbocycles. The molecule has 1 amide bonds. The summed E-state index contributed by atoms with van der Waals surface area (Å²) in [4.78, 5) is 46.2. The highest BCUT2D eigenvalue weighted by atomic mass is 16.6. The van der Waals surface area contributed by atoms with Crippen molar-refractivity contribution in [2.45, 2.75) is 13.3 Å². The number of anilines is 1. The van der Waals surface area contributed by atoms with Crippen LogP contribution in [0.5, 0.6) is 0 Å². The van der Waals surface area contributed by atoms with E-state index in [-0.39, 0.29) is 17.8 Å². The summed E-state index contributed by atoms with van der Waals surface area (Å²) in [7, 11) is 2.77. The van der Waals surface area contributed by atoms with Gasteiger partial charge in [0.05, 0.1) is 11.3 Å². The van der Waals surface area contributed by atoms with Crippen LogP contribution in [0.25, 0.3) is 0 Å². The van der Waals surface area contributed by atoms with Gasteiger partial charge in [-0.05, 0) is 12.5 Å². The first-order valence-corrected chi connectivity index (χ1v) is 7.01. The van der Waals surface area contributed by atoms with Gasteiger partial charge >= 0.3 is 5.69 Å². The Labute approximate surface area is 136 Å². The predicted molar refractivity (Wildman–Crippen MR) is 87.1 cm³/mol. The number of benzene rings is 1. The average molecular weight is 332 g/mol. The number of hydrogen-bond donors (Lipinski definition) is 1. The number of hydrogen-bond acceptors (Lipinski definition) is 5. The second kappa shape index (κ2) is 6.49. The van der Waals surface area contributed by atoms with E-state index in [1.807, 2.05) is 0 Å². The van der Waals surface area contributed by atoms with Gasteiger partial charge in [0.25, 0.3) is 11.2 Å². The van der Waals surface area contributed by atoms with Crippen LogP contribution in [0, 0.1) is 17.0 Å². The van der Waals surface area contributed by atoms with Gasteiger partial charge in [-0.2, -0.15) is 0 Å². The molecule has 0 spiro atoms. The molecule has 1 aromatic heterocycles. The Kier molecular flexibility index (Phi) is 4.63. The molecule has 0 atom stereocenters. The molecule has 9 heteroatoms. The van der Waals surface area contributed by atoms with Crippen LogP contribution in [0.2, 0.25) is 0 Å². The molecule has 1 N–H and O–H groups in total. The Morgan fingerprint density at radius 3 is 2.58 bits per heavy atom. The summed E-state index contributed by atoms with van der Waals surface area (Å²) in [6, 6.07) is 4.47. The van der Waals surface area contributed by atoms with Gasteiger partial charge in [0.1, 0.15) is 5.69 Å². The lowest BCUT2D eigenvalue weighted by Gasteiger charge is -2.09. The van der Waals surface area contributed by atoms with Crippen LogP contribution in [-0.2, 0) is 25.3 Å². The summed E-state index contributed by atoms with van der Waals surface area (Å²) in [5, 5.41) is 13.4. The van der Waals surface area contributed by atoms with Gasteiger partial charge in [0.15, 0.2) is 0 Å². The van der Waals surface area contributed by atoms with Crippen LogP contribution in [0.4, 0.5) is 11.4 Å². The first kappa shape index (κ1) is 17.1. The quantitative estimate of drug-likeness (QED) is 0.646. The summed E-state index contributed by atoms with van der Waals surface area (Å²) in [6.07, 6.45) is 1.11. The van der Waals surface area contributed by atoms with E-state index in [2.05, 4.69) is 5.32 Å². The van der Waals surface area contributed by atoms with E-state index in [9.17, 15) is 24.5 Å². The maximum atomic E-state index is 12.2. The summed E-state index contributed by atoms with van der Waals surface area (Å²) < 4.78 is 2.06. The monoisotopic (exact) mass is 332 g/mol. The average Bonchev–Trinajstić information content (AvgIpc) is 2.52. The maximum Gasteiger partial charge on any atom is 0.330 e. The van der Waals surface area contributed by atoms with E-state index in [4.69, 9.17) is 0 Å². The number of rotatable bonds is 4. The Morgan fingerprint density at radius 2 is 1.96 bits per heavy atom. The Bertz CT molecular complexity index is 942. The van der Waals surface area contributed by atoms with E-state index < -0.39 is 22.1 Å². The first-order chi connectivity index (χ1) is 11.2. The molecule has 0 aliphatic heterocycles. The second-order valence-corrected chi connectivity index (χ2v) is 5.34. The van der Waals surface area contributed by atoms with Gasteiger partial charge < -0.3 is 9.88 Å². The molecule has 0 saturated carbocycles. The van der Waals surface area contributed by atoms with Gasteiger partial charge in [-0.25, -0.2) is 4.79 Å². The summed E-state index contributed by atoms with van der Waals surface area (Å²) in [6.45, 7) is 1.56. The van der Waals surface area contributed by atoms with Crippen LogP contribution >= 0.6 is 0 Å². The van der Waals surface area contributed by atoms with Crippen molar-refractivity contribution in [1.82, 2.24) is 9.13 Å². The van der Waals surface area contributed by atoms with E-state index in [1.165, 1.54) is 37.0 Å². The fourth-order valence-corrected chi connectivity index (χ4v) is 2.32. The SMILES string of the molecule is Cc1c(CC(=O)Nc2cn(C)c(=O)n(C)c2=O)cccc1[N+](=O)[O-]. The molecule has 1 heterocycles. The molecule has 2 aromatic rings. The summed E-state index contributed by atoms with van der Waals surface area (Å²) in [5.74, 6) is -0.505. The van der Waals surface area contributed by atoms with E-state index >= 15 is 0 Å². The highest BCUT2D eigenvalue weighted by Crippen LogP contribution is 2.21. The number of nitro benzene ring substituents is 1. The largest absolute Gasteiger partial charge is 0.330 e. The zero-order valence-corrected chi connectivity index (χ0v) is 13.4. The predicted octanol–water partition coefficient (Wildman–Crippen LogP) is 0.482. The minimum atomic E-state index is -0.623. The molecular weight excluding hydrogens is 316 g/mol. The number of nitrogens with zero attached hydrogens (tertiary/aromatic N) is 3. The number of amides is 1. The molecule has 126 valence electrons. The molecular formula is C15H16N4O5. The Balaban J connectivity index is 2.27. The van der Waals surface area contributed by atoms with Crippen molar-refractivity contribution in [1.29, 1.82) is 0 Å². The fraction of sp³-hybridized carbons (Fsp3) is 0.267. The van der Waals surface area contributed by atoms with Crippen LogP contribution < -0.4 is 16.6 Å². The Hall–Kier alpha value is -3.23. The first-order valence-electron chi connectivity index (χ1n) is 7.01. The second-order valence-electron chi connectivity index (χ2n) is 5.34. The molecule has 0 saturated heterocycles. The lowest BCUT2D eigenvalue weighted by atomic mass is 10.0. The number of nitro groups is 1. The fourth-order valence-electron chi connectivity index (χ4n) is 2.32. The number of carbonyl (C=O) groups excluding carboxylic acids is 1. The van der Waals surface area contributed by atoms with Crippen molar-refractivity contribution in [3.05, 3.63) is 66.5 Å². The number of aryl methyl sites for hydroxylation is 1. The Morgan fingerprint density at radius 1 is 1.29 bits per heavy atom. The molecule has 24 heavy (non-hydrogen) atoms. The third kappa shape index (κ3) is 3.24. The topological polar surface area (TPSA) is 116 Å². The van der Waals surface area contributed by atoms with E-state index in [0.717, 1.165) is 4.57 Å². The molecule has 0 bridgehead atoms. The van der Waals surface area contributed by atoms with Crippen LogP contribution in [-0.4, -0.2) is 20.0 Å². The zero-order valence-electron chi connectivity index (χ0n) is 13.4. The van der Waals surface area contributed by atoms with Gasteiger partial charge in [-0.1, -0.05) is 12.1 Å². The number of aromatic nitrogens is 2. The van der Waals surface area contributed by atoms with Gasteiger partial charge in [-0.15, -0.1) is 0 Å². The van der Waals surface area contributed by atoms with Crippen molar-refractivity contribution >= 4 is 17.3 Å². The lowest BCUT2D eigenvalue weighted by Crippen LogP contribution is -2.38. The van der Waals surface area contributed by atoms with E-state index in [0.29, 0.717) is 11.1 Å². The van der Waals surface area contributed by atoms with Crippen molar-refractivity contribution in [2.75, 3.05) is 5.32 Å².